The zero-order valence-electron chi connectivity index (χ0n) is 10.8. The number of anilines is 1. The molecule has 0 spiro atoms. The van der Waals surface area contributed by atoms with Crippen LogP contribution in [0.2, 0.25) is 0 Å². The number of pyridine rings is 1. The molecular formula is C14H22N2O. The Morgan fingerprint density at radius 2 is 2.06 bits per heavy atom. The summed E-state index contributed by atoms with van der Waals surface area (Å²) in [5.74, 6) is 0.759. The second-order valence-electron chi connectivity index (χ2n) is 4.38. The normalized spacial score (nSPS) is 10.2. The lowest BCUT2D eigenvalue weighted by Crippen LogP contribution is -2.13. The molecule has 1 rings (SSSR count). The first kappa shape index (κ1) is 13.7. The van der Waals surface area contributed by atoms with Crippen molar-refractivity contribution in [2.24, 2.45) is 0 Å². The predicted molar refractivity (Wildman–Crippen MR) is 71.0 cm³/mol. The fourth-order valence-corrected chi connectivity index (χ4v) is 1.70. The van der Waals surface area contributed by atoms with Gasteiger partial charge in [0.25, 0.3) is 0 Å². The number of hydrogen-bond donors (Lipinski definition) is 1. The van der Waals surface area contributed by atoms with E-state index in [9.17, 15) is 4.79 Å². The molecule has 1 heterocycles. The third kappa shape index (κ3) is 5.48. The quantitative estimate of drug-likeness (QED) is 0.731. The van der Waals surface area contributed by atoms with Crippen molar-refractivity contribution < 1.29 is 4.79 Å². The van der Waals surface area contributed by atoms with Crippen LogP contribution in [0.4, 0.5) is 5.82 Å². The van der Waals surface area contributed by atoms with Crippen molar-refractivity contribution in [2.45, 2.75) is 52.4 Å². The van der Waals surface area contributed by atoms with Gasteiger partial charge in [-0.25, -0.2) is 4.98 Å². The summed E-state index contributed by atoms with van der Waals surface area (Å²) < 4.78 is 0. The van der Waals surface area contributed by atoms with E-state index in [1.165, 1.54) is 19.3 Å². The van der Waals surface area contributed by atoms with Gasteiger partial charge in [0.15, 0.2) is 0 Å². The first-order valence-corrected chi connectivity index (χ1v) is 6.45. The van der Waals surface area contributed by atoms with Gasteiger partial charge in [0.2, 0.25) is 5.91 Å². The molecule has 3 nitrogen and oxygen atoms in total. The zero-order valence-corrected chi connectivity index (χ0v) is 10.8. The first-order chi connectivity index (χ1) is 8.24. The standard InChI is InChI=1S/C14H22N2O/c1-3-4-5-6-7-10-13(17)16-14-12(2)9-8-11-15-14/h8-9,11H,3-7,10H2,1-2H3,(H,15,16,17). The molecule has 0 aliphatic heterocycles. The average molecular weight is 234 g/mol. The number of unbranched alkanes of at least 4 members (excludes halogenated alkanes) is 4. The van der Waals surface area contributed by atoms with Crippen LogP contribution in [0.5, 0.6) is 0 Å². The summed E-state index contributed by atoms with van der Waals surface area (Å²) in [7, 11) is 0. The molecule has 94 valence electrons. The number of aryl methyl sites for hydroxylation is 1. The second kappa shape index (κ2) is 7.82. The lowest BCUT2D eigenvalue weighted by atomic mass is 10.1. The van der Waals surface area contributed by atoms with Crippen LogP contribution < -0.4 is 5.32 Å². The van der Waals surface area contributed by atoms with Crippen molar-refractivity contribution in [3.05, 3.63) is 23.9 Å². The molecule has 0 radical (unpaired) electrons. The first-order valence-electron chi connectivity index (χ1n) is 6.45. The molecule has 0 saturated carbocycles. The Bertz CT molecular complexity index is 350. The summed E-state index contributed by atoms with van der Waals surface area (Å²) in [5.41, 5.74) is 1.01. The molecule has 17 heavy (non-hydrogen) atoms. The van der Waals surface area contributed by atoms with Gasteiger partial charge in [0.1, 0.15) is 5.82 Å². The molecule has 1 N–H and O–H groups in total. The highest BCUT2D eigenvalue weighted by molar-refractivity contribution is 5.90. The van der Waals surface area contributed by atoms with E-state index in [1.54, 1.807) is 6.20 Å². The highest BCUT2D eigenvalue weighted by Gasteiger charge is 2.04. The van der Waals surface area contributed by atoms with Crippen LogP contribution in [0, 0.1) is 6.92 Å². The SMILES string of the molecule is CCCCCCCC(=O)Nc1ncccc1C. The Morgan fingerprint density at radius 1 is 1.29 bits per heavy atom. The molecular weight excluding hydrogens is 212 g/mol. The third-order valence-corrected chi connectivity index (χ3v) is 2.77. The molecule has 1 aromatic rings. The third-order valence-electron chi connectivity index (χ3n) is 2.77. The molecule has 0 aliphatic carbocycles. The lowest BCUT2D eigenvalue weighted by Gasteiger charge is -2.06. The number of amides is 1. The fraction of sp³-hybridized carbons (Fsp3) is 0.571. The van der Waals surface area contributed by atoms with Gasteiger partial charge >= 0.3 is 0 Å². The lowest BCUT2D eigenvalue weighted by molar-refractivity contribution is -0.116. The maximum absolute atomic E-state index is 11.6. The minimum atomic E-state index is 0.0725. The number of nitrogens with one attached hydrogen (secondary N) is 1. The monoisotopic (exact) mass is 234 g/mol. The summed E-state index contributed by atoms with van der Waals surface area (Å²) in [6, 6.07) is 3.82. The van der Waals surface area contributed by atoms with Gasteiger partial charge in [0.05, 0.1) is 0 Å². The van der Waals surface area contributed by atoms with Crippen LogP contribution in [0.1, 0.15) is 51.0 Å². The van der Waals surface area contributed by atoms with E-state index in [4.69, 9.17) is 0 Å². The smallest absolute Gasteiger partial charge is 0.225 e. The molecule has 0 fully saturated rings. The zero-order chi connectivity index (χ0) is 12.5. The van der Waals surface area contributed by atoms with E-state index in [0.29, 0.717) is 12.2 Å². The number of nitrogens with zero attached hydrogens (tertiary/aromatic N) is 1. The van der Waals surface area contributed by atoms with E-state index in [-0.39, 0.29) is 5.91 Å². The van der Waals surface area contributed by atoms with Crippen molar-refractivity contribution in [3.63, 3.8) is 0 Å². The number of carbonyl (C=O) groups is 1. The number of carbonyl (C=O) groups excluding carboxylic acids is 1. The van der Waals surface area contributed by atoms with Crippen LogP contribution in [0.25, 0.3) is 0 Å². The highest BCUT2D eigenvalue weighted by atomic mass is 16.1. The Labute approximate surface area is 104 Å². The summed E-state index contributed by atoms with van der Waals surface area (Å²) in [6.07, 6.45) is 8.14. The van der Waals surface area contributed by atoms with Crippen LogP contribution >= 0.6 is 0 Å². The maximum atomic E-state index is 11.6. The number of hydrogen-bond acceptors (Lipinski definition) is 2. The molecule has 0 unspecified atom stereocenters. The van der Waals surface area contributed by atoms with E-state index >= 15 is 0 Å². The summed E-state index contributed by atoms with van der Waals surface area (Å²) in [5, 5.41) is 2.85. The largest absolute Gasteiger partial charge is 0.310 e. The van der Waals surface area contributed by atoms with Crippen molar-refractivity contribution in [1.82, 2.24) is 4.98 Å². The van der Waals surface area contributed by atoms with Crippen molar-refractivity contribution in [1.29, 1.82) is 0 Å². The van der Waals surface area contributed by atoms with E-state index < -0.39 is 0 Å². The molecule has 0 aliphatic rings. The maximum Gasteiger partial charge on any atom is 0.225 e. The van der Waals surface area contributed by atoms with Gasteiger partial charge in [-0.1, -0.05) is 38.7 Å². The summed E-state index contributed by atoms with van der Waals surface area (Å²) >= 11 is 0. The Kier molecular flexibility index (Phi) is 6.30. The molecule has 3 heteroatoms. The minimum Gasteiger partial charge on any atom is -0.310 e. The van der Waals surface area contributed by atoms with Crippen LogP contribution in [0.15, 0.2) is 18.3 Å². The summed E-state index contributed by atoms with van der Waals surface area (Å²) in [4.78, 5) is 15.8. The van der Waals surface area contributed by atoms with Gasteiger partial charge in [-0.2, -0.15) is 0 Å². The van der Waals surface area contributed by atoms with E-state index in [0.717, 1.165) is 18.4 Å². The minimum absolute atomic E-state index is 0.0725. The van der Waals surface area contributed by atoms with Gasteiger partial charge in [-0.3, -0.25) is 4.79 Å². The van der Waals surface area contributed by atoms with Gasteiger partial charge in [0, 0.05) is 12.6 Å². The van der Waals surface area contributed by atoms with Crippen LogP contribution in [-0.4, -0.2) is 10.9 Å². The van der Waals surface area contributed by atoms with Gasteiger partial charge in [-0.15, -0.1) is 0 Å². The highest BCUT2D eigenvalue weighted by Crippen LogP contribution is 2.11. The number of aromatic nitrogens is 1. The second-order valence-corrected chi connectivity index (χ2v) is 4.38. The van der Waals surface area contributed by atoms with E-state index in [2.05, 4.69) is 17.2 Å². The van der Waals surface area contributed by atoms with E-state index in [1.807, 2.05) is 19.1 Å². The van der Waals surface area contributed by atoms with Gasteiger partial charge < -0.3 is 5.32 Å². The van der Waals surface area contributed by atoms with Crippen molar-refractivity contribution in [3.8, 4) is 0 Å². The van der Waals surface area contributed by atoms with Crippen molar-refractivity contribution >= 4 is 11.7 Å². The van der Waals surface area contributed by atoms with Crippen LogP contribution in [0.3, 0.4) is 0 Å². The average Bonchev–Trinajstić information content (AvgIpc) is 2.32. The van der Waals surface area contributed by atoms with Crippen LogP contribution in [-0.2, 0) is 4.79 Å². The topological polar surface area (TPSA) is 42.0 Å². The fourth-order valence-electron chi connectivity index (χ4n) is 1.70. The molecule has 0 bridgehead atoms. The Morgan fingerprint density at radius 3 is 2.76 bits per heavy atom. The molecule has 1 aromatic heterocycles. The van der Waals surface area contributed by atoms with Crippen molar-refractivity contribution in [2.75, 3.05) is 5.32 Å². The number of rotatable bonds is 7. The molecule has 0 saturated heterocycles. The Hall–Kier alpha value is -1.38. The Balaban J connectivity index is 2.23. The molecule has 1 amide bonds. The van der Waals surface area contributed by atoms with Gasteiger partial charge in [-0.05, 0) is 25.0 Å². The molecule has 0 aromatic carbocycles. The predicted octanol–water partition coefficient (Wildman–Crippen LogP) is 3.69. The molecule has 0 atom stereocenters. The summed E-state index contributed by atoms with van der Waals surface area (Å²) in [6.45, 7) is 4.14.